The summed E-state index contributed by atoms with van der Waals surface area (Å²) in [6, 6.07) is 3.04. The van der Waals surface area contributed by atoms with E-state index in [2.05, 4.69) is 5.32 Å². The number of nitrogens with zero attached hydrogens (tertiary/aromatic N) is 1. The average molecular weight is 300 g/mol. The van der Waals surface area contributed by atoms with Crippen molar-refractivity contribution in [2.24, 2.45) is 0 Å². The first-order valence-electron chi connectivity index (χ1n) is 6.76. The van der Waals surface area contributed by atoms with Crippen molar-refractivity contribution in [1.82, 2.24) is 10.2 Å². The van der Waals surface area contributed by atoms with Crippen LogP contribution in [0.4, 0.5) is 13.6 Å². The van der Waals surface area contributed by atoms with Crippen LogP contribution in [-0.2, 0) is 0 Å². The topological polar surface area (TPSA) is 52.6 Å². The lowest BCUT2D eigenvalue weighted by Gasteiger charge is -2.26. The lowest BCUT2D eigenvalue weighted by molar-refractivity contribution is 0.0532. The molecule has 0 bridgehead atoms. The smallest absolute Gasteiger partial charge is 0.317 e. The van der Waals surface area contributed by atoms with Gasteiger partial charge >= 0.3 is 6.03 Å². The number of likely N-dealkylation sites (N-methyl/N-ethyl adjacent to an activating group) is 1. The third kappa shape index (κ3) is 5.67. The lowest BCUT2D eigenvalue weighted by atomic mass is 10.0. The van der Waals surface area contributed by atoms with E-state index in [1.165, 1.54) is 17.0 Å². The number of rotatable bonds is 5. The fraction of sp³-hybridized carbons (Fsp3) is 0.533. The van der Waals surface area contributed by atoms with E-state index in [9.17, 15) is 18.7 Å². The summed E-state index contributed by atoms with van der Waals surface area (Å²) in [7, 11) is 1.57. The standard InChI is InChI=1S/C15H22F2N2O2/c1-10(12-6-5-11(16)7-13(12)17)8-18-14(20)19(4)9-15(2,3)21/h5-7,10,21H,8-9H2,1-4H3,(H,18,20). The van der Waals surface area contributed by atoms with Gasteiger partial charge in [0.05, 0.1) is 12.1 Å². The third-order valence-electron chi connectivity index (χ3n) is 3.02. The Morgan fingerprint density at radius 1 is 1.43 bits per heavy atom. The van der Waals surface area contributed by atoms with E-state index in [-0.39, 0.29) is 25.0 Å². The highest BCUT2D eigenvalue weighted by Crippen LogP contribution is 2.19. The zero-order chi connectivity index (χ0) is 16.2. The molecule has 118 valence electrons. The van der Waals surface area contributed by atoms with Gasteiger partial charge < -0.3 is 15.3 Å². The molecule has 0 aromatic heterocycles. The summed E-state index contributed by atoms with van der Waals surface area (Å²) in [5.74, 6) is -1.54. The molecule has 0 saturated heterocycles. The molecule has 0 aliphatic carbocycles. The largest absolute Gasteiger partial charge is 0.389 e. The average Bonchev–Trinajstić information content (AvgIpc) is 2.33. The quantitative estimate of drug-likeness (QED) is 0.878. The minimum absolute atomic E-state index is 0.179. The summed E-state index contributed by atoms with van der Waals surface area (Å²) < 4.78 is 26.5. The molecule has 1 aromatic rings. The molecule has 2 N–H and O–H groups in total. The number of aliphatic hydroxyl groups is 1. The Bertz CT molecular complexity index is 501. The van der Waals surface area contributed by atoms with E-state index < -0.39 is 17.2 Å². The second-order valence-corrected chi connectivity index (χ2v) is 5.92. The van der Waals surface area contributed by atoms with Gasteiger partial charge in [0.25, 0.3) is 0 Å². The molecule has 1 aromatic carbocycles. The highest BCUT2D eigenvalue weighted by atomic mass is 19.1. The van der Waals surface area contributed by atoms with Gasteiger partial charge in [-0.3, -0.25) is 0 Å². The molecule has 0 saturated carbocycles. The molecule has 1 rings (SSSR count). The second-order valence-electron chi connectivity index (χ2n) is 5.92. The van der Waals surface area contributed by atoms with Crippen LogP contribution in [0, 0.1) is 11.6 Å². The number of hydrogen-bond acceptors (Lipinski definition) is 2. The number of urea groups is 1. The summed E-state index contributed by atoms with van der Waals surface area (Å²) in [4.78, 5) is 13.2. The van der Waals surface area contributed by atoms with Gasteiger partial charge in [-0.25, -0.2) is 13.6 Å². The van der Waals surface area contributed by atoms with Crippen LogP contribution in [0.1, 0.15) is 32.3 Å². The Hall–Kier alpha value is -1.69. The van der Waals surface area contributed by atoms with Gasteiger partial charge in [-0.05, 0) is 25.5 Å². The molecule has 0 heterocycles. The molecule has 1 unspecified atom stereocenters. The van der Waals surface area contributed by atoms with E-state index in [1.807, 2.05) is 0 Å². The van der Waals surface area contributed by atoms with E-state index in [1.54, 1.807) is 27.8 Å². The molecule has 2 amide bonds. The van der Waals surface area contributed by atoms with Crippen molar-refractivity contribution in [2.75, 3.05) is 20.1 Å². The highest BCUT2D eigenvalue weighted by molar-refractivity contribution is 5.74. The van der Waals surface area contributed by atoms with Crippen LogP contribution in [0.3, 0.4) is 0 Å². The van der Waals surface area contributed by atoms with Gasteiger partial charge in [-0.15, -0.1) is 0 Å². The molecular weight excluding hydrogens is 278 g/mol. The molecule has 0 radical (unpaired) electrons. The molecule has 0 spiro atoms. The van der Waals surface area contributed by atoms with Gasteiger partial charge in [-0.2, -0.15) is 0 Å². The molecule has 0 aliphatic heterocycles. The maximum atomic E-state index is 13.6. The number of halogens is 2. The molecule has 21 heavy (non-hydrogen) atoms. The summed E-state index contributed by atoms with van der Waals surface area (Å²) in [5.41, 5.74) is -0.636. The minimum atomic E-state index is -0.985. The first-order valence-corrected chi connectivity index (χ1v) is 6.76. The molecule has 0 fully saturated rings. The molecule has 1 atom stereocenters. The van der Waals surface area contributed by atoms with Crippen LogP contribution in [0.5, 0.6) is 0 Å². The van der Waals surface area contributed by atoms with Gasteiger partial charge in [0.1, 0.15) is 11.6 Å². The maximum absolute atomic E-state index is 13.6. The van der Waals surface area contributed by atoms with Crippen molar-refractivity contribution in [2.45, 2.75) is 32.3 Å². The number of hydrogen-bond donors (Lipinski definition) is 2. The third-order valence-corrected chi connectivity index (χ3v) is 3.02. The van der Waals surface area contributed by atoms with Gasteiger partial charge in [0, 0.05) is 25.6 Å². The first-order chi connectivity index (χ1) is 9.60. The molecule has 0 aliphatic rings. The van der Waals surface area contributed by atoms with Crippen LogP contribution in [0.15, 0.2) is 18.2 Å². The zero-order valence-electron chi connectivity index (χ0n) is 12.8. The van der Waals surface area contributed by atoms with Crippen LogP contribution in [-0.4, -0.2) is 41.8 Å². The zero-order valence-corrected chi connectivity index (χ0v) is 12.8. The fourth-order valence-electron chi connectivity index (χ4n) is 2.04. The second kappa shape index (κ2) is 6.85. The minimum Gasteiger partial charge on any atom is -0.389 e. The normalized spacial score (nSPS) is 12.9. The number of nitrogens with one attached hydrogen (secondary N) is 1. The fourth-order valence-corrected chi connectivity index (χ4v) is 2.04. The number of carbonyl (C=O) groups is 1. The lowest BCUT2D eigenvalue weighted by Crippen LogP contribution is -2.45. The van der Waals surface area contributed by atoms with Crippen LogP contribution < -0.4 is 5.32 Å². The molecule has 6 heteroatoms. The summed E-state index contributed by atoms with van der Waals surface area (Å²) in [6.07, 6.45) is 0. The van der Waals surface area contributed by atoms with E-state index in [4.69, 9.17) is 0 Å². The predicted octanol–water partition coefficient (Wildman–Crippen LogP) is 2.48. The van der Waals surface area contributed by atoms with E-state index in [0.29, 0.717) is 5.56 Å². The van der Waals surface area contributed by atoms with Crippen molar-refractivity contribution in [3.05, 3.63) is 35.4 Å². The van der Waals surface area contributed by atoms with Crippen molar-refractivity contribution in [3.8, 4) is 0 Å². The highest BCUT2D eigenvalue weighted by Gasteiger charge is 2.20. The Labute approximate surface area is 123 Å². The van der Waals surface area contributed by atoms with E-state index in [0.717, 1.165) is 6.07 Å². The van der Waals surface area contributed by atoms with Crippen LogP contribution in [0.2, 0.25) is 0 Å². The summed E-state index contributed by atoms with van der Waals surface area (Å²) >= 11 is 0. The summed E-state index contributed by atoms with van der Waals surface area (Å²) in [5, 5.41) is 12.3. The Morgan fingerprint density at radius 2 is 2.05 bits per heavy atom. The van der Waals surface area contributed by atoms with Crippen molar-refractivity contribution in [3.63, 3.8) is 0 Å². The number of benzene rings is 1. The maximum Gasteiger partial charge on any atom is 0.317 e. The predicted molar refractivity (Wildman–Crippen MR) is 77.1 cm³/mol. The number of amides is 2. The number of carbonyl (C=O) groups excluding carboxylic acids is 1. The van der Waals surface area contributed by atoms with Gasteiger partial charge in [-0.1, -0.05) is 13.0 Å². The molecule has 4 nitrogen and oxygen atoms in total. The first kappa shape index (κ1) is 17.4. The van der Waals surface area contributed by atoms with Crippen LogP contribution in [0.25, 0.3) is 0 Å². The van der Waals surface area contributed by atoms with Crippen LogP contribution >= 0.6 is 0 Å². The van der Waals surface area contributed by atoms with Crippen molar-refractivity contribution < 1.29 is 18.7 Å². The van der Waals surface area contributed by atoms with Gasteiger partial charge in [0.15, 0.2) is 0 Å². The van der Waals surface area contributed by atoms with Crippen molar-refractivity contribution >= 4 is 6.03 Å². The monoisotopic (exact) mass is 300 g/mol. The van der Waals surface area contributed by atoms with E-state index >= 15 is 0 Å². The van der Waals surface area contributed by atoms with Crippen molar-refractivity contribution in [1.29, 1.82) is 0 Å². The van der Waals surface area contributed by atoms with Gasteiger partial charge in [0.2, 0.25) is 0 Å². The SMILES string of the molecule is CC(CNC(=O)N(C)CC(C)(C)O)c1ccc(F)cc1F. The molecular formula is C15H22F2N2O2. The summed E-state index contributed by atoms with van der Waals surface area (Å²) in [6.45, 7) is 5.35. The Morgan fingerprint density at radius 3 is 2.57 bits per heavy atom. The Kier molecular flexibility index (Phi) is 5.66. The Balaban J connectivity index is 2.56.